The molecule has 0 saturated heterocycles. The molecule has 1 heterocycles. The van der Waals surface area contributed by atoms with Crippen molar-refractivity contribution >= 4 is 47.2 Å². The molecule has 0 aliphatic rings. The van der Waals surface area contributed by atoms with Gasteiger partial charge in [0, 0.05) is 24.9 Å². The standard InChI is InChI=1S/C17H27F3N4O2S.HI/c1-3-21-16(22-10-8-6-5-7-9-15(25)26-4-2)23-11-14-24-13(12-27-14)17(18,19)20;/h12H,3-11H2,1-2H3,(H2,21,22,23);1H. The minimum Gasteiger partial charge on any atom is -0.466 e. The summed E-state index contributed by atoms with van der Waals surface area (Å²) >= 11 is 0.948. The van der Waals surface area contributed by atoms with Crippen molar-refractivity contribution < 1.29 is 22.7 Å². The topological polar surface area (TPSA) is 75.6 Å². The first-order chi connectivity index (χ1) is 12.9. The number of nitrogens with one attached hydrogen (secondary N) is 2. The van der Waals surface area contributed by atoms with Gasteiger partial charge in [0.2, 0.25) is 0 Å². The smallest absolute Gasteiger partial charge is 0.434 e. The summed E-state index contributed by atoms with van der Waals surface area (Å²) in [6.45, 7) is 5.55. The second kappa shape index (κ2) is 14.8. The maximum Gasteiger partial charge on any atom is 0.434 e. The molecule has 0 unspecified atom stereocenters. The zero-order valence-electron chi connectivity index (χ0n) is 16.1. The van der Waals surface area contributed by atoms with E-state index in [0.717, 1.165) is 42.4 Å². The average molecular weight is 536 g/mol. The highest BCUT2D eigenvalue weighted by atomic mass is 127. The Morgan fingerprint density at radius 1 is 1.21 bits per heavy atom. The first-order valence-corrected chi connectivity index (χ1v) is 9.94. The summed E-state index contributed by atoms with van der Waals surface area (Å²) in [7, 11) is 0. The van der Waals surface area contributed by atoms with Gasteiger partial charge in [-0.1, -0.05) is 12.8 Å². The molecule has 0 amide bonds. The van der Waals surface area contributed by atoms with Gasteiger partial charge in [-0.25, -0.2) is 9.98 Å². The lowest BCUT2D eigenvalue weighted by atomic mass is 10.1. The monoisotopic (exact) mass is 536 g/mol. The van der Waals surface area contributed by atoms with E-state index in [1.54, 1.807) is 6.92 Å². The van der Waals surface area contributed by atoms with Gasteiger partial charge in [-0.05, 0) is 26.7 Å². The molecule has 1 rings (SSSR count). The average Bonchev–Trinajstić information content (AvgIpc) is 3.08. The van der Waals surface area contributed by atoms with Crippen molar-refractivity contribution in [2.24, 2.45) is 4.99 Å². The summed E-state index contributed by atoms with van der Waals surface area (Å²) < 4.78 is 42.5. The van der Waals surface area contributed by atoms with E-state index in [0.29, 0.717) is 37.1 Å². The fraction of sp³-hybridized carbons (Fsp3) is 0.706. The lowest BCUT2D eigenvalue weighted by molar-refractivity contribution is -0.143. The Balaban J connectivity index is 0.00000729. The molecule has 0 saturated carbocycles. The van der Waals surface area contributed by atoms with E-state index in [1.165, 1.54) is 0 Å². The summed E-state index contributed by atoms with van der Waals surface area (Å²) in [6.07, 6.45) is -0.365. The highest BCUT2D eigenvalue weighted by molar-refractivity contribution is 14.0. The van der Waals surface area contributed by atoms with Crippen LogP contribution in [0.1, 0.15) is 56.7 Å². The Hall–Kier alpha value is -1.11. The Bertz CT molecular complexity index is 597. The van der Waals surface area contributed by atoms with E-state index in [1.807, 2.05) is 6.92 Å². The molecule has 0 spiro atoms. The molecule has 0 aromatic carbocycles. The van der Waals surface area contributed by atoms with Gasteiger partial charge in [0.15, 0.2) is 11.7 Å². The van der Waals surface area contributed by atoms with Gasteiger partial charge in [0.05, 0.1) is 13.2 Å². The van der Waals surface area contributed by atoms with Crippen molar-refractivity contribution in [1.82, 2.24) is 15.6 Å². The maximum absolute atomic E-state index is 12.6. The molecular formula is C17H28F3IN4O2S. The fourth-order valence-electron chi connectivity index (χ4n) is 2.19. The summed E-state index contributed by atoms with van der Waals surface area (Å²) in [5, 5.41) is 7.52. The minimum absolute atomic E-state index is 0. The summed E-state index contributed by atoms with van der Waals surface area (Å²) in [5.74, 6) is 0.390. The number of unbranched alkanes of at least 4 members (excludes halogenated alkanes) is 3. The number of aliphatic imine (C=N–C) groups is 1. The number of carbonyl (C=O) groups excluding carboxylic acids is 1. The van der Waals surface area contributed by atoms with Gasteiger partial charge in [-0.3, -0.25) is 4.79 Å². The highest BCUT2D eigenvalue weighted by Gasteiger charge is 2.33. The largest absolute Gasteiger partial charge is 0.466 e. The van der Waals surface area contributed by atoms with Gasteiger partial charge >= 0.3 is 12.1 Å². The predicted molar refractivity (Wildman–Crippen MR) is 115 cm³/mol. The third-order valence-corrected chi connectivity index (χ3v) is 4.30. The molecule has 0 atom stereocenters. The number of rotatable bonds is 11. The quantitative estimate of drug-likeness (QED) is 0.145. The van der Waals surface area contributed by atoms with Gasteiger partial charge in [-0.15, -0.1) is 35.3 Å². The van der Waals surface area contributed by atoms with Crippen LogP contribution in [0.4, 0.5) is 13.2 Å². The van der Waals surface area contributed by atoms with Crippen LogP contribution < -0.4 is 10.6 Å². The molecule has 0 aliphatic carbocycles. The van der Waals surface area contributed by atoms with E-state index in [4.69, 9.17) is 4.74 Å². The van der Waals surface area contributed by atoms with Crippen LogP contribution in [-0.2, 0) is 22.3 Å². The first kappa shape index (κ1) is 26.9. The van der Waals surface area contributed by atoms with Crippen LogP contribution in [0.25, 0.3) is 0 Å². The van der Waals surface area contributed by atoms with E-state index < -0.39 is 11.9 Å². The second-order valence-corrected chi connectivity index (χ2v) is 6.66. The number of aromatic nitrogens is 1. The van der Waals surface area contributed by atoms with Crippen LogP contribution in [0.5, 0.6) is 0 Å². The summed E-state index contributed by atoms with van der Waals surface area (Å²) in [5.41, 5.74) is -0.876. The summed E-state index contributed by atoms with van der Waals surface area (Å²) in [6, 6.07) is 0. The third kappa shape index (κ3) is 11.7. The number of guanidine groups is 1. The Morgan fingerprint density at radius 2 is 1.93 bits per heavy atom. The molecule has 0 radical (unpaired) electrons. The van der Waals surface area contributed by atoms with Crippen molar-refractivity contribution in [2.45, 2.75) is 58.7 Å². The molecule has 1 aromatic heterocycles. The van der Waals surface area contributed by atoms with E-state index in [2.05, 4.69) is 20.6 Å². The number of carbonyl (C=O) groups is 1. The third-order valence-electron chi connectivity index (χ3n) is 3.46. The van der Waals surface area contributed by atoms with E-state index in [9.17, 15) is 18.0 Å². The van der Waals surface area contributed by atoms with E-state index in [-0.39, 0.29) is 36.5 Å². The fourth-order valence-corrected chi connectivity index (χ4v) is 2.91. The SMILES string of the molecule is CCNC(=NCc1nc(C(F)(F)F)cs1)NCCCCCCC(=O)OCC.I. The molecule has 0 fully saturated rings. The maximum atomic E-state index is 12.6. The van der Waals surface area contributed by atoms with Crippen LogP contribution in [-0.4, -0.2) is 36.6 Å². The van der Waals surface area contributed by atoms with Gasteiger partial charge in [0.25, 0.3) is 0 Å². The lowest BCUT2D eigenvalue weighted by Crippen LogP contribution is -2.37. The van der Waals surface area contributed by atoms with Crippen LogP contribution in [0.3, 0.4) is 0 Å². The zero-order chi connectivity index (χ0) is 20.1. The molecule has 6 nitrogen and oxygen atoms in total. The Labute approximate surface area is 184 Å². The number of halogens is 4. The number of esters is 1. The van der Waals surface area contributed by atoms with E-state index >= 15 is 0 Å². The number of hydrogen-bond acceptors (Lipinski definition) is 5. The molecule has 1 aromatic rings. The van der Waals surface area contributed by atoms with Crippen LogP contribution in [0.15, 0.2) is 10.4 Å². The van der Waals surface area contributed by atoms with Crippen molar-refractivity contribution in [3.05, 3.63) is 16.1 Å². The van der Waals surface area contributed by atoms with Crippen LogP contribution in [0, 0.1) is 0 Å². The van der Waals surface area contributed by atoms with Gasteiger partial charge in [-0.2, -0.15) is 13.2 Å². The Morgan fingerprint density at radius 3 is 2.54 bits per heavy atom. The van der Waals surface area contributed by atoms with Crippen LogP contribution >= 0.6 is 35.3 Å². The molecular weight excluding hydrogens is 508 g/mol. The van der Waals surface area contributed by atoms with Crippen molar-refractivity contribution in [2.75, 3.05) is 19.7 Å². The molecule has 162 valence electrons. The predicted octanol–water partition coefficient (Wildman–Crippen LogP) is 4.35. The zero-order valence-corrected chi connectivity index (χ0v) is 19.2. The minimum atomic E-state index is -4.42. The first-order valence-electron chi connectivity index (χ1n) is 9.06. The molecule has 11 heteroatoms. The van der Waals surface area contributed by atoms with Gasteiger partial charge in [0.1, 0.15) is 5.01 Å². The van der Waals surface area contributed by atoms with Crippen molar-refractivity contribution in [3.8, 4) is 0 Å². The number of hydrogen-bond donors (Lipinski definition) is 2. The highest BCUT2D eigenvalue weighted by Crippen LogP contribution is 2.30. The number of thiazole rings is 1. The van der Waals surface area contributed by atoms with Gasteiger partial charge < -0.3 is 15.4 Å². The number of ether oxygens (including phenoxy) is 1. The Kier molecular flexibility index (Phi) is 14.2. The van der Waals surface area contributed by atoms with Crippen molar-refractivity contribution in [1.29, 1.82) is 0 Å². The molecule has 28 heavy (non-hydrogen) atoms. The number of alkyl halides is 3. The van der Waals surface area contributed by atoms with Crippen LogP contribution in [0.2, 0.25) is 0 Å². The molecule has 0 bridgehead atoms. The normalized spacial score (nSPS) is 11.7. The summed E-state index contributed by atoms with van der Waals surface area (Å²) in [4.78, 5) is 19.0. The number of nitrogens with zero attached hydrogens (tertiary/aromatic N) is 2. The lowest BCUT2D eigenvalue weighted by Gasteiger charge is -2.10. The molecule has 2 N–H and O–H groups in total. The molecule has 0 aliphatic heterocycles. The second-order valence-electron chi connectivity index (χ2n) is 5.72. The van der Waals surface area contributed by atoms with Crippen molar-refractivity contribution in [3.63, 3.8) is 0 Å².